The maximum Gasteiger partial charge on any atom is 0.281 e. The van der Waals surface area contributed by atoms with Crippen LogP contribution < -0.4 is 10.6 Å². The van der Waals surface area contributed by atoms with E-state index in [1.54, 1.807) is 34.8 Å². The molecule has 1 aliphatic heterocycles. The zero-order valence-corrected chi connectivity index (χ0v) is 19.2. The number of benzene rings is 1. The monoisotopic (exact) mass is 488 g/mol. The minimum Gasteiger partial charge on any atom is -0.370 e. The molecule has 0 unspecified atom stereocenters. The lowest BCUT2D eigenvalue weighted by Crippen LogP contribution is -2.47. The van der Waals surface area contributed by atoms with E-state index in [0.717, 1.165) is 6.20 Å². The second-order valence-corrected chi connectivity index (χ2v) is 8.26. The molecule has 0 bridgehead atoms. The van der Waals surface area contributed by atoms with Gasteiger partial charge >= 0.3 is 0 Å². The van der Waals surface area contributed by atoms with E-state index in [2.05, 4.69) is 20.3 Å². The third kappa shape index (κ3) is 5.67. The number of anilines is 1. The fraction of sp³-hybridized carbons (Fsp3) is 0.455. The van der Waals surface area contributed by atoms with E-state index in [4.69, 9.17) is 10.5 Å². The first-order valence-corrected chi connectivity index (χ1v) is 11.1. The summed E-state index contributed by atoms with van der Waals surface area (Å²) in [6, 6.07) is 4.94. The highest BCUT2D eigenvalue weighted by molar-refractivity contribution is 5.96. The van der Waals surface area contributed by atoms with Crippen LogP contribution in [0.1, 0.15) is 35.3 Å². The standard InChI is InChI=1S/C22H26F2N8O3/c1-30(15-4-6-31(7-5-15)19-12-26-17(11-27-19)21(23)24)20(33)13-35-9-8-32-18-10-14(22(25)34)2-3-16(18)28-29-32/h2-3,10-12,15,21H,4-9,13H2,1H3,(H2,25,34). The van der Waals surface area contributed by atoms with Crippen molar-refractivity contribution in [2.75, 3.05) is 38.3 Å². The van der Waals surface area contributed by atoms with Crippen molar-refractivity contribution in [3.8, 4) is 0 Å². The minimum absolute atomic E-state index is 0.0436. The van der Waals surface area contributed by atoms with Crippen LogP contribution in [0.2, 0.25) is 0 Å². The Morgan fingerprint density at radius 1 is 1.23 bits per heavy atom. The van der Waals surface area contributed by atoms with Crippen LogP contribution in [0, 0.1) is 0 Å². The van der Waals surface area contributed by atoms with E-state index in [1.807, 2.05) is 4.90 Å². The Hall–Kier alpha value is -3.74. The fourth-order valence-electron chi connectivity index (χ4n) is 3.99. The van der Waals surface area contributed by atoms with Crippen LogP contribution in [0.4, 0.5) is 14.6 Å². The lowest BCUT2D eigenvalue weighted by atomic mass is 10.0. The van der Waals surface area contributed by atoms with Gasteiger partial charge in [-0.3, -0.25) is 9.59 Å². The first-order valence-electron chi connectivity index (χ1n) is 11.1. The lowest BCUT2D eigenvalue weighted by molar-refractivity contribution is -0.137. The lowest BCUT2D eigenvalue weighted by Gasteiger charge is -2.37. The van der Waals surface area contributed by atoms with E-state index in [-0.39, 0.29) is 30.9 Å². The number of halogens is 2. The van der Waals surface area contributed by atoms with Gasteiger partial charge in [0.2, 0.25) is 11.8 Å². The van der Waals surface area contributed by atoms with Crippen LogP contribution in [-0.2, 0) is 16.1 Å². The molecule has 1 aromatic carbocycles. The summed E-state index contributed by atoms with van der Waals surface area (Å²) in [5, 5.41) is 8.10. The van der Waals surface area contributed by atoms with Gasteiger partial charge in [0, 0.05) is 31.7 Å². The molecule has 0 aliphatic carbocycles. The van der Waals surface area contributed by atoms with Crippen molar-refractivity contribution in [1.29, 1.82) is 0 Å². The quantitative estimate of drug-likeness (QED) is 0.447. The summed E-state index contributed by atoms with van der Waals surface area (Å²) in [4.78, 5) is 35.5. The van der Waals surface area contributed by atoms with Gasteiger partial charge in [-0.25, -0.2) is 23.4 Å². The van der Waals surface area contributed by atoms with Crippen LogP contribution >= 0.6 is 0 Å². The number of nitrogens with two attached hydrogens (primary N) is 1. The van der Waals surface area contributed by atoms with Crippen LogP contribution in [0.3, 0.4) is 0 Å². The van der Waals surface area contributed by atoms with Crippen LogP contribution in [-0.4, -0.2) is 81.1 Å². The van der Waals surface area contributed by atoms with Crippen LogP contribution in [0.25, 0.3) is 11.0 Å². The number of carbonyl (C=O) groups excluding carboxylic acids is 2. The smallest absolute Gasteiger partial charge is 0.281 e. The summed E-state index contributed by atoms with van der Waals surface area (Å²) in [6.45, 7) is 1.80. The van der Waals surface area contributed by atoms with Crippen LogP contribution in [0.5, 0.6) is 0 Å². The summed E-state index contributed by atoms with van der Waals surface area (Å²) in [5.41, 5.74) is 6.64. The molecule has 2 N–H and O–H groups in total. The molecule has 0 saturated carbocycles. The molecule has 0 spiro atoms. The van der Waals surface area contributed by atoms with Gasteiger partial charge in [-0.15, -0.1) is 5.10 Å². The van der Waals surface area contributed by atoms with Crippen LogP contribution in [0.15, 0.2) is 30.6 Å². The molecule has 0 radical (unpaired) electrons. The largest absolute Gasteiger partial charge is 0.370 e. The number of aromatic nitrogens is 5. The summed E-state index contributed by atoms with van der Waals surface area (Å²) in [5.74, 6) is -0.120. The second kappa shape index (κ2) is 10.7. The SMILES string of the molecule is CN(C(=O)COCCn1nnc2ccc(C(N)=O)cc21)C1CCN(c2cnc(C(F)F)cn2)CC1. The maximum atomic E-state index is 12.7. The zero-order valence-electron chi connectivity index (χ0n) is 19.2. The molecule has 2 aromatic heterocycles. The molecular formula is C22H26F2N8O3. The van der Waals surface area contributed by atoms with Gasteiger partial charge in [0.05, 0.1) is 31.1 Å². The number of rotatable bonds is 9. The molecule has 186 valence electrons. The Balaban J connectivity index is 1.22. The Labute approximate surface area is 199 Å². The fourth-order valence-corrected chi connectivity index (χ4v) is 3.99. The summed E-state index contributed by atoms with van der Waals surface area (Å²) < 4.78 is 32.5. The molecule has 1 aliphatic rings. The molecular weight excluding hydrogens is 462 g/mol. The summed E-state index contributed by atoms with van der Waals surface area (Å²) >= 11 is 0. The highest BCUT2D eigenvalue weighted by atomic mass is 19.3. The number of primary amides is 1. The predicted molar refractivity (Wildman–Crippen MR) is 122 cm³/mol. The van der Waals surface area contributed by atoms with Crippen molar-refractivity contribution in [1.82, 2.24) is 29.9 Å². The molecule has 3 heterocycles. The molecule has 3 aromatic rings. The first kappa shape index (κ1) is 24.4. The van der Waals surface area contributed by atoms with E-state index >= 15 is 0 Å². The maximum absolute atomic E-state index is 12.7. The Morgan fingerprint density at radius 2 is 2.00 bits per heavy atom. The molecule has 13 heteroatoms. The average Bonchev–Trinajstić information content (AvgIpc) is 3.28. The number of fused-ring (bicyclic) bond motifs is 1. The predicted octanol–water partition coefficient (Wildman–Crippen LogP) is 1.40. The number of likely N-dealkylation sites (N-methyl/N-ethyl adjacent to an activating group) is 1. The first-order chi connectivity index (χ1) is 16.8. The second-order valence-electron chi connectivity index (χ2n) is 8.26. The molecule has 2 amide bonds. The zero-order chi connectivity index (χ0) is 24.9. The van der Waals surface area contributed by atoms with Crippen molar-refractivity contribution >= 4 is 28.7 Å². The van der Waals surface area contributed by atoms with E-state index in [1.165, 1.54) is 6.20 Å². The number of ether oxygens (including phenoxy) is 1. The molecule has 0 atom stereocenters. The molecule has 35 heavy (non-hydrogen) atoms. The Morgan fingerprint density at radius 3 is 2.66 bits per heavy atom. The topological polar surface area (TPSA) is 132 Å². The highest BCUT2D eigenvalue weighted by Crippen LogP contribution is 2.22. The third-order valence-electron chi connectivity index (χ3n) is 6.08. The number of hydrogen-bond acceptors (Lipinski definition) is 8. The average molecular weight is 488 g/mol. The van der Waals surface area contributed by atoms with E-state index in [0.29, 0.717) is 54.9 Å². The molecule has 11 nitrogen and oxygen atoms in total. The molecule has 1 saturated heterocycles. The van der Waals surface area contributed by atoms with E-state index < -0.39 is 12.3 Å². The Kier molecular flexibility index (Phi) is 7.44. The molecule has 4 rings (SSSR count). The number of nitrogens with zero attached hydrogens (tertiary/aromatic N) is 7. The normalized spacial score (nSPS) is 14.6. The van der Waals surface area contributed by atoms with Crippen molar-refractivity contribution in [2.24, 2.45) is 5.73 Å². The third-order valence-corrected chi connectivity index (χ3v) is 6.08. The van der Waals surface area contributed by atoms with E-state index in [9.17, 15) is 18.4 Å². The number of piperidine rings is 1. The van der Waals surface area contributed by atoms with Crippen molar-refractivity contribution in [3.05, 3.63) is 41.9 Å². The summed E-state index contributed by atoms with van der Waals surface area (Å²) in [6.07, 6.45) is 1.24. The van der Waals surface area contributed by atoms with Crippen molar-refractivity contribution in [2.45, 2.75) is 31.9 Å². The summed E-state index contributed by atoms with van der Waals surface area (Å²) in [7, 11) is 1.75. The molecule has 1 fully saturated rings. The van der Waals surface area contributed by atoms with Gasteiger partial charge in [0.15, 0.2) is 0 Å². The minimum atomic E-state index is -2.64. The van der Waals surface area contributed by atoms with Gasteiger partial charge in [-0.2, -0.15) is 0 Å². The van der Waals surface area contributed by atoms with Gasteiger partial charge in [0.25, 0.3) is 6.43 Å². The number of alkyl halides is 2. The van der Waals surface area contributed by atoms with Gasteiger partial charge in [-0.05, 0) is 31.0 Å². The highest BCUT2D eigenvalue weighted by Gasteiger charge is 2.26. The number of amides is 2. The number of hydrogen-bond donors (Lipinski definition) is 1. The van der Waals surface area contributed by atoms with Gasteiger partial charge in [0.1, 0.15) is 23.6 Å². The van der Waals surface area contributed by atoms with Crippen molar-refractivity contribution < 1.29 is 23.1 Å². The Bertz CT molecular complexity index is 1180. The number of carbonyl (C=O) groups is 2. The van der Waals surface area contributed by atoms with Gasteiger partial charge < -0.3 is 20.3 Å². The van der Waals surface area contributed by atoms with Crippen molar-refractivity contribution in [3.63, 3.8) is 0 Å². The van der Waals surface area contributed by atoms with Gasteiger partial charge in [-0.1, -0.05) is 5.21 Å².